The Hall–Kier alpha value is -1.58. The van der Waals surface area contributed by atoms with Crippen molar-refractivity contribution in [3.8, 4) is 5.75 Å². The molecular weight excluding hydrogens is 180 g/mol. The highest BCUT2D eigenvalue weighted by Crippen LogP contribution is 2.12. The summed E-state index contributed by atoms with van der Waals surface area (Å²) in [6, 6.07) is 7.79. The number of hydrogen-bond donors (Lipinski definition) is 0. The summed E-state index contributed by atoms with van der Waals surface area (Å²) in [7, 11) is 3.30. The van der Waals surface area contributed by atoms with Gasteiger partial charge in [0.15, 0.2) is 0 Å². The minimum atomic E-state index is 0.622. The molecule has 0 aliphatic heterocycles. The Labute approximate surface area is 83.4 Å². The van der Waals surface area contributed by atoms with E-state index in [4.69, 9.17) is 4.74 Å². The first-order valence-corrected chi connectivity index (χ1v) is 4.43. The molecule has 0 atom stereocenters. The van der Waals surface area contributed by atoms with Crippen molar-refractivity contribution in [1.82, 2.24) is 5.01 Å². The van der Waals surface area contributed by atoms with Crippen LogP contribution in [0, 0.1) is 4.91 Å². The number of nitrogens with zero attached hydrogens (tertiary/aromatic N) is 2. The predicted octanol–water partition coefficient (Wildman–Crippen LogP) is 1.85. The molecule has 14 heavy (non-hydrogen) atoms. The van der Waals surface area contributed by atoms with Gasteiger partial charge in [0, 0.05) is 13.6 Å². The molecule has 4 nitrogen and oxygen atoms in total. The fraction of sp³-hybridized carbons (Fsp3) is 0.400. The van der Waals surface area contributed by atoms with Gasteiger partial charge in [-0.25, -0.2) is 0 Å². The maximum atomic E-state index is 10.1. The maximum Gasteiger partial charge on any atom is 0.119 e. The number of methoxy groups -OCH3 is 1. The first kappa shape index (κ1) is 10.5. The zero-order valence-electron chi connectivity index (χ0n) is 8.43. The van der Waals surface area contributed by atoms with E-state index in [1.807, 2.05) is 24.3 Å². The van der Waals surface area contributed by atoms with Gasteiger partial charge >= 0.3 is 0 Å². The topological polar surface area (TPSA) is 41.9 Å². The van der Waals surface area contributed by atoms with Gasteiger partial charge in [-0.15, -0.1) is 4.91 Å². The van der Waals surface area contributed by atoms with Crippen LogP contribution in [0.5, 0.6) is 5.75 Å². The fourth-order valence-corrected chi connectivity index (χ4v) is 1.16. The van der Waals surface area contributed by atoms with Gasteiger partial charge in [0.2, 0.25) is 0 Å². The summed E-state index contributed by atoms with van der Waals surface area (Å²) in [5.74, 6) is 0.837. The molecule has 0 fully saturated rings. The van der Waals surface area contributed by atoms with Crippen LogP contribution in [0.4, 0.5) is 0 Å². The third-order valence-corrected chi connectivity index (χ3v) is 2.00. The van der Waals surface area contributed by atoms with Gasteiger partial charge in [-0.1, -0.05) is 12.1 Å². The maximum absolute atomic E-state index is 10.1. The average Bonchev–Trinajstić information content (AvgIpc) is 2.26. The van der Waals surface area contributed by atoms with Crippen molar-refractivity contribution in [2.24, 2.45) is 5.29 Å². The van der Waals surface area contributed by atoms with Crippen LogP contribution < -0.4 is 4.74 Å². The zero-order valence-corrected chi connectivity index (χ0v) is 8.43. The number of hydrogen-bond acceptors (Lipinski definition) is 3. The van der Waals surface area contributed by atoms with Gasteiger partial charge in [-0.05, 0) is 24.1 Å². The lowest BCUT2D eigenvalue weighted by Crippen LogP contribution is -2.13. The fourth-order valence-electron chi connectivity index (χ4n) is 1.16. The highest BCUT2D eigenvalue weighted by molar-refractivity contribution is 5.28. The zero-order chi connectivity index (χ0) is 10.4. The predicted molar refractivity (Wildman–Crippen MR) is 55.1 cm³/mol. The van der Waals surface area contributed by atoms with Crippen LogP contribution >= 0.6 is 0 Å². The molecule has 0 unspecified atom stereocenters. The summed E-state index contributed by atoms with van der Waals surface area (Å²) in [6.45, 7) is 0.622. The molecule has 0 amide bonds. The van der Waals surface area contributed by atoms with Crippen LogP contribution in [0.3, 0.4) is 0 Å². The Balaban J connectivity index is 2.54. The number of likely N-dealkylation sites (N-methyl/N-ethyl adjacent to an activating group) is 1. The van der Waals surface area contributed by atoms with E-state index in [0.29, 0.717) is 6.54 Å². The molecule has 1 aromatic carbocycles. The second-order valence-electron chi connectivity index (χ2n) is 3.06. The van der Waals surface area contributed by atoms with Crippen LogP contribution in [0.25, 0.3) is 0 Å². The van der Waals surface area contributed by atoms with E-state index in [-0.39, 0.29) is 0 Å². The smallest absolute Gasteiger partial charge is 0.119 e. The number of benzene rings is 1. The second-order valence-corrected chi connectivity index (χ2v) is 3.06. The highest BCUT2D eigenvalue weighted by Gasteiger charge is 1.98. The monoisotopic (exact) mass is 194 g/mol. The van der Waals surface area contributed by atoms with E-state index in [2.05, 4.69) is 5.29 Å². The van der Waals surface area contributed by atoms with Crippen molar-refractivity contribution in [2.45, 2.75) is 6.42 Å². The molecule has 0 spiro atoms. The quantitative estimate of drug-likeness (QED) is 0.530. The van der Waals surface area contributed by atoms with Crippen molar-refractivity contribution >= 4 is 0 Å². The Morgan fingerprint density at radius 3 is 2.93 bits per heavy atom. The van der Waals surface area contributed by atoms with E-state index in [1.54, 1.807) is 14.2 Å². The molecule has 0 saturated heterocycles. The summed E-state index contributed by atoms with van der Waals surface area (Å²) in [4.78, 5) is 10.1. The van der Waals surface area contributed by atoms with Crippen molar-refractivity contribution in [1.29, 1.82) is 0 Å². The van der Waals surface area contributed by atoms with Crippen molar-refractivity contribution in [3.05, 3.63) is 34.7 Å². The molecule has 1 aromatic rings. The summed E-state index contributed by atoms with van der Waals surface area (Å²) in [6.07, 6.45) is 0.791. The molecule has 0 N–H and O–H groups in total. The summed E-state index contributed by atoms with van der Waals surface area (Å²) in [5, 5.41) is 4.17. The Morgan fingerprint density at radius 2 is 2.29 bits per heavy atom. The first-order valence-electron chi connectivity index (χ1n) is 4.43. The van der Waals surface area contributed by atoms with Crippen LogP contribution in [-0.4, -0.2) is 25.7 Å². The minimum absolute atomic E-state index is 0.622. The molecule has 0 bridgehead atoms. The van der Waals surface area contributed by atoms with Gasteiger partial charge in [-0.3, -0.25) is 5.01 Å². The molecular formula is C10H14N2O2. The van der Waals surface area contributed by atoms with E-state index in [0.717, 1.165) is 17.7 Å². The SMILES string of the molecule is COc1cccc(CCN(C)N=O)c1. The molecule has 76 valence electrons. The molecule has 0 aliphatic rings. The molecule has 0 aromatic heterocycles. The molecule has 0 saturated carbocycles. The Kier molecular flexibility index (Phi) is 3.91. The number of rotatable bonds is 5. The number of ether oxygens (including phenoxy) is 1. The third kappa shape index (κ3) is 3.05. The lowest BCUT2D eigenvalue weighted by Gasteiger charge is -2.08. The van der Waals surface area contributed by atoms with E-state index < -0.39 is 0 Å². The lowest BCUT2D eigenvalue weighted by molar-refractivity contribution is 0.353. The third-order valence-electron chi connectivity index (χ3n) is 2.00. The highest BCUT2D eigenvalue weighted by atomic mass is 16.5. The molecule has 0 radical (unpaired) electrons. The van der Waals surface area contributed by atoms with Crippen LogP contribution in [-0.2, 0) is 6.42 Å². The van der Waals surface area contributed by atoms with Gasteiger partial charge in [-0.2, -0.15) is 0 Å². The first-order chi connectivity index (χ1) is 6.76. The second kappa shape index (κ2) is 5.21. The van der Waals surface area contributed by atoms with Gasteiger partial charge in [0.05, 0.1) is 12.4 Å². The van der Waals surface area contributed by atoms with Crippen molar-refractivity contribution in [2.75, 3.05) is 20.7 Å². The van der Waals surface area contributed by atoms with E-state index in [9.17, 15) is 4.91 Å². The molecule has 4 heteroatoms. The molecule has 0 aliphatic carbocycles. The summed E-state index contributed by atoms with van der Waals surface area (Å²) in [5.41, 5.74) is 1.14. The van der Waals surface area contributed by atoms with Gasteiger partial charge in [0.25, 0.3) is 0 Å². The molecule has 0 heterocycles. The largest absolute Gasteiger partial charge is 0.497 e. The normalized spacial score (nSPS) is 9.57. The van der Waals surface area contributed by atoms with Crippen LogP contribution in [0.2, 0.25) is 0 Å². The van der Waals surface area contributed by atoms with Crippen molar-refractivity contribution in [3.63, 3.8) is 0 Å². The van der Waals surface area contributed by atoms with Crippen LogP contribution in [0.15, 0.2) is 29.6 Å². The standard InChI is InChI=1S/C10H14N2O2/c1-12(11-13)7-6-9-4-3-5-10(8-9)14-2/h3-5,8H,6-7H2,1-2H3. The lowest BCUT2D eigenvalue weighted by atomic mass is 10.1. The van der Waals surface area contributed by atoms with Crippen LogP contribution in [0.1, 0.15) is 5.56 Å². The van der Waals surface area contributed by atoms with Gasteiger partial charge in [0.1, 0.15) is 5.75 Å². The molecule has 1 rings (SSSR count). The Morgan fingerprint density at radius 1 is 1.50 bits per heavy atom. The van der Waals surface area contributed by atoms with E-state index in [1.165, 1.54) is 5.01 Å². The van der Waals surface area contributed by atoms with E-state index >= 15 is 0 Å². The Bertz CT molecular complexity index is 302. The minimum Gasteiger partial charge on any atom is -0.497 e. The number of nitroso groups, excluding NO2 is 1. The summed E-state index contributed by atoms with van der Waals surface area (Å²) < 4.78 is 5.09. The van der Waals surface area contributed by atoms with Crippen molar-refractivity contribution < 1.29 is 4.74 Å². The van der Waals surface area contributed by atoms with Gasteiger partial charge < -0.3 is 4.74 Å². The average molecular weight is 194 g/mol. The summed E-state index contributed by atoms with van der Waals surface area (Å²) >= 11 is 0.